The first kappa shape index (κ1) is 21.7. The standard InChI is InChI=1S/C20H30N2O4/c1-13(2)10-15(19(25)26)11-21-17(23)12-22-18(24)14-6-8-16(9-7-14)20(3,4)5/h6-9,13,15H,10-12H2,1-5H3,(H,21,23)(H,22,24)(H,25,26). The van der Waals surface area contributed by atoms with Gasteiger partial charge in [0, 0.05) is 12.1 Å². The van der Waals surface area contributed by atoms with E-state index in [1.165, 1.54) is 0 Å². The molecule has 26 heavy (non-hydrogen) atoms. The Morgan fingerprint density at radius 1 is 1.04 bits per heavy atom. The molecular formula is C20H30N2O4. The number of carbonyl (C=O) groups is 3. The zero-order valence-corrected chi connectivity index (χ0v) is 16.3. The van der Waals surface area contributed by atoms with Crippen LogP contribution in [0.4, 0.5) is 0 Å². The molecule has 0 fully saturated rings. The van der Waals surface area contributed by atoms with E-state index in [1.807, 2.05) is 26.0 Å². The lowest BCUT2D eigenvalue weighted by Crippen LogP contribution is -2.40. The van der Waals surface area contributed by atoms with Gasteiger partial charge in [-0.15, -0.1) is 0 Å². The van der Waals surface area contributed by atoms with Crippen LogP contribution in [-0.2, 0) is 15.0 Å². The Morgan fingerprint density at radius 3 is 2.08 bits per heavy atom. The van der Waals surface area contributed by atoms with Crippen LogP contribution in [0.2, 0.25) is 0 Å². The van der Waals surface area contributed by atoms with Gasteiger partial charge in [0.1, 0.15) is 0 Å². The molecular weight excluding hydrogens is 332 g/mol. The summed E-state index contributed by atoms with van der Waals surface area (Å²) >= 11 is 0. The molecule has 3 N–H and O–H groups in total. The van der Waals surface area contributed by atoms with Crippen molar-refractivity contribution in [1.29, 1.82) is 0 Å². The van der Waals surface area contributed by atoms with Crippen molar-refractivity contribution < 1.29 is 19.5 Å². The predicted octanol–water partition coefficient (Wildman–Crippen LogP) is 2.58. The van der Waals surface area contributed by atoms with Gasteiger partial charge in [-0.2, -0.15) is 0 Å². The number of rotatable bonds is 8. The zero-order chi connectivity index (χ0) is 19.9. The van der Waals surface area contributed by atoms with Crippen molar-refractivity contribution in [2.24, 2.45) is 11.8 Å². The summed E-state index contributed by atoms with van der Waals surface area (Å²) in [6.45, 7) is 10.0. The van der Waals surface area contributed by atoms with Crippen molar-refractivity contribution in [3.8, 4) is 0 Å². The van der Waals surface area contributed by atoms with Crippen LogP contribution in [0.1, 0.15) is 57.0 Å². The molecule has 0 bridgehead atoms. The fraction of sp³-hybridized carbons (Fsp3) is 0.550. The smallest absolute Gasteiger partial charge is 0.308 e. The SMILES string of the molecule is CC(C)CC(CNC(=O)CNC(=O)c1ccc(C(C)(C)C)cc1)C(=O)O. The minimum absolute atomic E-state index is 0.00552. The van der Waals surface area contributed by atoms with Gasteiger partial charge in [0.15, 0.2) is 0 Å². The maximum atomic E-state index is 12.1. The van der Waals surface area contributed by atoms with Gasteiger partial charge >= 0.3 is 5.97 Å². The summed E-state index contributed by atoms with van der Waals surface area (Å²) in [4.78, 5) is 35.2. The first-order valence-electron chi connectivity index (χ1n) is 8.89. The molecule has 1 unspecified atom stereocenters. The minimum Gasteiger partial charge on any atom is -0.481 e. The van der Waals surface area contributed by atoms with Crippen molar-refractivity contribution in [2.45, 2.75) is 46.5 Å². The van der Waals surface area contributed by atoms with Gasteiger partial charge in [-0.1, -0.05) is 46.8 Å². The van der Waals surface area contributed by atoms with Crippen LogP contribution in [0.15, 0.2) is 24.3 Å². The van der Waals surface area contributed by atoms with E-state index in [0.29, 0.717) is 12.0 Å². The van der Waals surface area contributed by atoms with E-state index in [0.717, 1.165) is 5.56 Å². The van der Waals surface area contributed by atoms with Gasteiger partial charge in [0.2, 0.25) is 5.91 Å². The number of aliphatic carboxylic acids is 1. The van der Waals surface area contributed by atoms with Crippen LogP contribution < -0.4 is 10.6 Å². The van der Waals surface area contributed by atoms with Gasteiger partial charge in [-0.05, 0) is 35.4 Å². The van der Waals surface area contributed by atoms with Crippen LogP contribution >= 0.6 is 0 Å². The number of nitrogens with one attached hydrogen (secondary N) is 2. The van der Waals surface area contributed by atoms with Gasteiger partial charge in [-0.25, -0.2) is 0 Å². The summed E-state index contributed by atoms with van der Waals surface area (Å²) in [6.07, 6.45) is 0.488. The number of carboxylic acids is 1. The van der Waals surface area contributed by atoms with Crippen molar-refractivity contribution in [1.82, 2.24) is 10.6 Å². The monoisotopic (exact) mass is 362 g/mol. The number of amides is 2. The number of carbonyl (C=O) groups excluding carboxylic acids is 2. The molecule has 0 spiro atoms. The van der Waals surface area contributed by atoms with E-state index >= 15 is 0 Å². The first-order valence-corrected chi connectivity index (χ1v) is 8.89. The van der Waals surface area contributed by atoms with Crippen molar-refractivity contribution in [3.05, 3.63) is 35.4 Å². The molecule has 0 aliphatic carbocycles. The Kier molecular flexibility index (Phi) is 7.80. The summed E-state index contributed by atoms with van der Waals surface area (Å²) in [6, 6.07) is 7.27. The molecule has 0 aromatic heterocycles. The van der Waals surface area contributed by atoms with Gasteiger partial charge in [-0.3, -0.25) is 14.4 Å². The predicted molar refractivity (Wildman–Crippen MR) is 101 cm³/mol. The molecule has 0 radical (unpaired) electrons. The van der Waals surface area contributed by atoms with Crippen molar-refractivity contribution in [2.75, 3.05) is 13.1 Å². The summed E-state index contributed by atoms with van der Waals surface area (Å²) in [5, 5.41) is 14.3. The molecule has 0 saturated carbocycles. The van der Waals surface area contributed by atoms with Gasteiger partial charge in [0.05, 0.1) is 12.5 Å². The zero-order valence-electron chi connectivity index (χ0n) is 16.3. The van der Waals surface area contributed by atoms with Crippen LogP contribution in [0.25, 0.3) is 0 Å². The normalized spacial score (nSPS) is 12.5. The minimum atomic E-state index is -0.929. The lowest BCUT2D eigenvalue weighted by atomic mass is 9.87. The maximum absolute atomic E-state index is 12.1. The van der Waals surface area contributed by atoms with E-state index in [2.05, 4.69) is 31.4 Å². The maximum Gasteiger partial charge on any atom is 0.308 e. The molecule has 6 nitrogen and oxygen atoms in total. The van der Waals surface area contributed by atoms with E-state index in [9.17, 15) is 14.4 Å². The molecule has 0 aliphatic rings. The second kappa shape index (κ2) is 9.36. The molecule has 1 atom stereocenters. The highest BCUT2D eigenvalue weighted by Gasteiger charge is 2.20. The molecule has 2 amide bonds. The number of carboxylic acid groups (broad SMARTS) is 1. The first-order chi connectivity index (χ1) is 12.0. The molecule has 0 saturated heterocycles. The largest absolute Gasteiger partial charge is 0.481 e. The Bertz CT molecular complexity index is 630. The van der Waals surface area contributed by atoms with Gasteiger partial charge in [0.25, 0.3) is 5.91 Å². The Labute approximate surface area is 155 Å². The molecule has 0 heterocycles. The lowest BCUT2D eigenvalue weighted by molar-refractivity contribution is -0.142. The third-order valence-corrected chi connectivity index (χ3v) is 4.07. The number of benzene rings is 1. The van der Waals surface area contributed by atoms with Gasteiger partial charge < -0.3 is 15.7 Å². The van der Waals surface area contributed by atoms with E-state index in [1.54, 1.807) is 12.1 Å². The van der Waals surface area contributed by atoms with E-state index < -0.39 is 17.8 Å². The van der Waals surface area contributed by atoms with Crippen LogP contribution in [0, 0.1) is 11.8 Å². The fourth-order valence-corrected chi connectivity index (χ4v) is 2.52. The quantitative estimate of drug-likeness (QED) is 0.662. The molecule has 0 aliphatic heterocycles. The fourth-order valence-electron chi connectivity index (χ4n) is 2.52. The number of hydrogen-bond acceptors (Lipinski definition) is 3. The van der Waals surface area contributed by atoms with E-state index in [-0.39, 0.29) is 30.3 Å². The second-order valence-corrected chi connectivity index (χ2v) is 7.98. The van der Waals surface area contributed by atoms with Crippen LogP contribution in [0.3, 0.4) is 0 Å². The Balaban J connectivity index is 2.49. The molecule has 1 aromatic carbocycles. The van der Waals surface area contributed by atoms with Crippen molar-refractivity contribution in [3.63, 3.8) is 0 Å². The third kappa shape index (κ3) is 7.25. The summed E-state index contributed by atoms with van der Waals surface area (Å²) in [5.41, 5.74) is 1.61. The Hall–Kier alpha value is -2.37. The van der Waals surface area contributed by atoms with Crippen LogP contribution in [-0.4, -0.2) is 36.0 Å². The lowest BCUT2D eigenvalue weighted by Gasteiger charge is -2.19. The van der Waals surface area contributed by atoms with Crippen LogP contribution in [0.5, 0.6) is 0 Å². The summed E-state index contributed by atoms with van der Waals surface area (Å²) in [5.74, 6) is -2.07. The highest BCUT2D eigenvalue weighted by atomic mass is 16.4. The topological polar surface area (TPSA) is 95.5 Å². The molecule has 1 rings (SSSR count). The van der Waals surface area contributed by atoms with E-state index in [4.69, 9.17) is 5.11 Å². The highest BCUT2D eigenvalue weighted by molar-refractivity contribution is 5.96. The highest BCUT2D eigenvalue weighted by Crippen LogP contribution is 2.22. The summed E-state index contributed by atoms with van der Waals surface area (Å²) < 4.78 is 0. The molecule has 6 heteroatoms. The number of hydrogen-bond donors (Lipinski definition) is 3. The summed E-state index contributed by atoms with van der Waals surface area (Å²) in [7, 11) is 0. The Morgan fingerprint density at radius 2 is 1.62 bits per heavy atom. The average Bonchev–Trinajstić information content (AvgIpc) is 2.55. The molecule has 144 valence electrons. The average molecular weight is 362 g/mol. The third-order valence-electron chi connectivity index (χ3n) is 4.07. The van der Waals surface area contributed by atoms with Crippen molar-refractivity contribution >= 4 is 17.8 Å². The second-order valence-electron chi connectivity index (χ2n) is 7.98. The molecule has 1 aromatic rings.